The minimum Gasteiger partial charge on any atom is -0.478 e. The van der Waals surface area contributed by atoms with E-state index in [1.165, 1.54) is 0 Å². The van der Waals surface area contributed by atoms with Gasteiger partial charge < -0.3 is 10.2 Å². The first-order valence-corrected chi connectivity index (χ1v) is 5.26. The molecule has 9 heteroatoms. The molecule has 0 saturated heterocycles. The molecule has 87 valence electrons. The van der Waals surface area contributed by atoms with Gasteiger partial charge in [0.15, 0.2) is 0 Å². The molecule has 0 atom stereocenters. The minimum absolute atomic E-state index is 0. The third kappa shape index (κ3) is 3.51. The van der Waals surface area contributed by atoms with Crippen molar-refractivity contribution in [3.05, 3.63) is 29.3 Å². The van der Waals surface area contributed by atoms with Crippen molar-refractivity contribution >= 4 is 51.6 Å². The molecule has 0 bridgehead atoms. The fourth-order valence-corrected chi connectivity index (χ4v) is 2.02. The molecule has 0 fully saturated rings. The fourth-order valence-electron chi connectivity index (χ4n) is 1.15. The molecule has 0 aliphatic heterocycles. The Balaban J connectivity index is 0.00000256. The van der Waals surface area contributed by atoms with Gasteiger partial charge in [-0.05, 0) is 12.1 Å². The van der Waals surface area contributed by atoms with E-state index in [1.54, 1.807) is 0 Å². The normalized spacial score (nSPS) is 10.4. The Hall–Kier alpha value is -0.930. The molecular weight excluding hydrogens is 263 g/mol. The molecule has 1 rings (SSSR count). The molecule has 0 saturated carbocycles. The van der Waals surface area contributed by atoms with E-state index in [9.17, 15) is 18.0 Å². The predicted molar refractivity (Wildman–Crippen MR) is 55.9 cm³/mol. The molecule has 0 spiro atoms. The van der Waals surface area contributed by atoms with E-state index < -0.39 is 38.1 Å². The number of hydrogen-bond acceptors (Lipinski definition) is 4. The van der Waals surface area contributed by atoms with Crippen molar-refractivity contribution in [1.29, 1.82) is 0 Å². The SMILES string of the molecule is O=C(O)c1cccc(C(=O)O)c1S(=O)(=O)O.[Na]. The maximum atomic E-state index is 10.9. The second-order valence-electron chi connectivity index (χ2n) is 2.77. The summed E-state index contributed by atoms with van der Waals surface area (Å²) in [7, 11) is -4.92. The maximum absolute atomic E-state index is 10.9. The second kappa shape index (κ2) is 5.61. The van der Waals surface area contributed by atoms with Crippen LogP contribution in [-0.2, 0) is 10.1 Å². The molecule has 1 aromatic carbocycles. The summed E-state index contributed by atoms with van der Waals surface area (Å²) in [5.41, 5.74) is -1.58. The van der Waals surface area contributed by atoms with Crippen LogP contribution in [0.2, 0.25) is 0 Å². The summed E-state index contributed by atoms with van der Waals surface area (Å²) < 4.78 is 30.6. The van der Waals surface area contributed by atoms with Crippen LogP contribution in [-0.4, -0.2) is 64.7 Å². The van der Waals surface area contributed by atoms with Crippen LogP contribution in [0.5, 0.6) is 0 Å². The molecule has 0 aromatic heterocycles. The topological polar surface area (TPSA) is 129 Å². The zero-order valence-electron chi connectivity index (χ0n) is 8.61. The van der Waals surface area contributed by atoms with Crippen molar-refractivity contribution in [2.24, 2.45) is 0 Å². The molecule has 0 amide bonds. The average molecular weight is 269 g/mol. The van der Waals surface area contributed by atoms with Gasteiger partial charge in [-0.15, -0.1) is 0 Å². The van der Waals surface area contributed by atoms with Crippen LogP contribution >= 0.6 is 0 Å². The monoisotopic (exact) mass is 269 g/mol. The maximum Gasteiger partial charge on any atom is 0.337 e. The van der Waals surface area contributed by atoms with Crippen LogP contribution in [0.25, 0.3) is 0 Å². The first kappa shape index (κ1) is 16.1. The molecule has 3 N–H and O–H groups in total. The summed E-state index contributed by atoms with van der Waals surface area (Å²) in [4.78, 5) is 20.2. The van der Waals surface area contributed by atoms with Crippen molar-refractivity contribution in [3.8, 4) is 0 Å². The summed E-state index contributed by atoms with van der Waals surface area (Å²) in [5, 5.41) is 17.3. The van der Waals surface area contributed by atoms with Gasteiger partial charge in [0.05, 0.1) is 11.1 Å². The van der Waals surface area contributed by atoms with Gasteiger partial charge >= 0.3 is 11.9 Å². The number of carboxylic acids is 2. The van der Waals surface area contributed by atoms with E-state index in [0.717, 1.165) is 18.2 Å². The molecule has 1 aromatic rings. The average Bonchev–Trinajstić information content (AvgIpc) is 2.15. The van der Waals surface area contributed by atoms with E-state index in [2.05, 4.69) is 0 Å². The van der Waals surface area contributed by atoms with Gasteiger partial charge in [-0.1, -0.05) is 6.07 Å². The van der Waals surface area contributed by atoms with Gasteiger partial charge in [0.2, 0.25) is 0 Å². The van der Waals surface area contributed by atoms with E-state index in [4.69, 9.17) is 14.8 Å². The van der Waals surface area contributed by atoms with Crippen LogP contribution in [0, 0.1) is 0 Å². The van der Waals surface area contributed by atoms with E-state index in [1.807, 2.05) is 0 Å². The van der Waals surface area contributed by atoms with Crippen molar-refractivity contribution in [2.75, 3.05) is 0 Å². The van der Waals surface area contributed by atoms with Crippen molar-refractivity contribution in [1.82, 2.24) is 0 Å². The number of hydrogen-bond donors (Lipinski definition) is 3. The Morgan fingerprint density at radius 2 is 1.35 bits per heavy atom. The molecule has 0 aliphatic rings. The standard InChI is InChI=1S/C8H6O7S.Na/c9-7(10)4-2-1-3-5(8(11)12)6(4)16(13,14)15;/h1-3H,(H,9,10)(H,11,12)(H,13,14,15);. The number of aromatic carboxylic acids is 2. The summed E-state index contributed by atoms with van der Waals surface area (Å²) in [6.45, 7) is 0. The zero-order chi connectivity index (χ0) is 12.5. The van der Waals surface area contributed by atoms with Crippen LogP contribution in [0.3, 0.4) is 0 Å². The summed E-state index contributed by atoms with van der Waals surface area (Å²) in [5.74, 6) is -3.29. The molecule has 1 radical (unpaired) electrons. The summed E-state index contributed by atoms with van der Waals surface area (Å²) in [6.07, 6.45) is 0. The van der Waals surface area contributed by atoms with E-state index in [-0.39, 0.29) is 29.6 Å². The summed E-state index contributed by atoms with van der Waals surface area (Å²) in [6, 6.07) is 2.84. The molecule has 0 heterocycles. The minimum atomic E-state index is -4.92. The Bertz CT molecular complexity index is 531. The van der Waals surface area contributed by atoms with E-state index >= 15 is 0 Å². The largest absolute Gasteiger partial charge is 0.478 e. The first-order valence-electron chi connectivity index (χ1n) is 3.82. The van der Waals surface area contributed by atoms with Crippen LogP contribution in [0.1, 0.15) is 20.7 Å². The molecule has 7 nitrogen and oxygen atoms in total. The number of carboxylic acid groups (broad SMARTS) is 2. The van der Waals surface area contributed by atoms with Gasteiger partial charge in [-0.3, -0.25) is 4.55 Å². The van der Waals surface area contributed by atoms with Crippen LogP contribution < -0.4 is 0 Å². The number of rotatable bonds is 3. The Labute approximate surface area is 118 Å². The van der Waals surface area contributed by atoms with Crippen molar-refractivity contribution in [3.63, 3.8) is 0 Å². The Morgan fingerprint density at radius 1 is 1.00 bits per heavy atom. The quantitative estimate of drug-likeness (QED) is 0.518. The predicted octanol–water partition coefficient (Wildman–Crippen LogP) is -0.0511. The summed E-state index contributed by atoms with van der Waals surface area (Å²) >= 11 is 0. The third-order valence-electron chi connectivity index (χ3n) is 1.73. The van der Waals surface area contributed by atoms with Gasteiger partial charge in [-0.25, -0.2) is 9.59 Å². The fraction of sp³-hybridized carbons (Fsp3) is 0. The Kier molecular flexibility index (Phi) is 5.30. The van der Waals surface area contributed by atoms with Gasteiger partial charge in [0.1, 0.15) is 4.90 Å². The van der Waals surface area contributed by atoms with Crippen molar-refractivity contribution in [2.45, 2.75) is 4.90 Å². The number of carbonyl (C=O) groups is 2. The first-order chi connectivity index (χ1) is 7.25. The number of benzene rings is 1. The van der Waals surface area contributed by atoms with E-state index in [0.29, 0.717) is 0 Å². The van der Waals surface area contributed by atoms with Crippen molar-refractivity contribution < 1.29 is 32.8 Å². The van der Waals surface area contributed by atoms with Gasteiger partial charge in [-0.2, -0.15) is 8.42 Å². The third-order valence-corrected chi connectivity index (χ3v) is 2.69. The molecule has 17 heavy (non-hydrogen) atoms. The van der Waals surface area contributed by atoms with Gasteiger partial charge in [0.25, 0.3) is 10.1 Å². The van der Waals surface area contributed by atoms with Crippen LogP contribution in [0.4, 0.5) is 0 Å². The smallest absolute Gasteiger partial charge is 0.337 e. The van der Waals surface area contributed by atoms with Crippen LogP contribution in [0.15, 0.2) is 23.1 Å². The Morgan fingerprint density at radius 3 is 1.59 bits per heavy atom. The second-order valence-corrected chi connectivity index (χ2v) is 4.13. The molecule has 0 aliphatic carbocycles. The van der Waals surface area contributed by atoms with Gasteiger partial charge in [0, 0.05) is 29.6 Å². The molecule has 0 unspecified atom stereocenters. The zero-order valence-corrected chi connectivity index (χ0v) is 11.4. The molecular formula is C8H6NaO7S.